The van der Waals surface area contributed by atoms with E-state index in [9.17, 15) is 0 Å². The van der Waals surface area contributed by atoms with Crippen LogP contribution >= 0.6 is 0 Å². The summed E-state index contributed by atoms with van der Waals surface area (Å²) in [4.78, 5) is 8.05. The lowest BCUT2D eigenvalue weighted by Crippen LogP contribution is -1.94. The average Bonchev–Trinajstić information content (AvgIpc) is 2.29. The fourth-order valence-electron chi connectivity index (χ4n) is 1.51. The van der Waals surface area contributed by atoms with Crippen molar-refractivity contribution in [2.45, 2.75) is 6.42 Å². The van der Waals surface area contributed by atoms with Gasteiger partial charge in [0.15, 0.2) is 0 Å². The highest BCUT2D eigenvalue weighted by Crippen LogP contribution is 2.14. The second-order valence-electron chi connectivity index (χ2n) is 3.50. The van der Waals surface area contributed by atoms with Crippen molar-refractivity contribution < 1.29 is 4.74 Å². The van der Waals surface area contributed by atoms with E-state index in [1.807, 2.05) is 24.4 Å². The minimum atomic E-state index is 0.536. The van der Waals surface area contributed by atoms with E-state index in [1.165, 1.54) is 0 Å². The molecule has 0 spiro atoms. The molecular weight excluding hydrogens is 202 g/mol. The first-order chi connectivity index (χ1) is 7.78. The summed E-state index contributed by atoms with van der Waals surface area (Å²) >= 11 is 0. The number of nitrogens with zero attached hydrogens (tertiary/aromatic N) is 2. The maximum Gasteiger partial charge on any atom is 0.137 e. The van der Waals surface area contributed by atoms with Gasteiger partial charge in [0.2, 0.25) is 0 Å². The van der Waals surface area contributed by atoms with Crippen molar-refractivity contribution >= 4 is 5.82 Å². The van der Waals surface area contributed by atoms with Crippen LogP contribution in [0.4, 0.5) is 5.82 Å². The smallest absolute Gasteiger partial charge is 0.137 e. The van der Waals surface area contributed by atoms with E-state index in [4.69, 9.17) is 10.5 Å². The Balaban J connectivity index is 2.20. The van der Waals surface area contributed by atoms with E-state index in [0.29, 0.717) is 5.82 Å². The van der Waals surface area contributed by atoms with Gasteiger partial charge >= 0.3 is 0 Å². The Kier molecular flexibility index (Phi) is 3.00. The molecular formula is C12H13N3O. The van der Waals surface area contributed by atoms with Crippen molar-refractivity contribution in [3.8, 4) is 5.75 Å². The van der Waals surface area contributed by atoms with Crippen LogP contribution in [-0.2, 0) is 6.42 Å². The lowest BCUT2D eigenvalue weighted by atomic mass is 10.1. The normalized spacial score (nSPS) is 10.1. The van der Waals surface area contributed by atoms with Gasteiger partial charge in [0.05, 0.1) is 13.3 Å². The van der Waals surface area contributed by atoms with Gasteiger partial charge in [-0.05, 0) is 35.7 Å². The van der Waals surface area contributed by atoms with Crippen LogP contribution in [0.25, 0.3) is 0 Å². The minimum Gasteiger partial charge on any atom is -0.495 e. The van der Waals surface area contributed by atoms with Crippen LogP contribution in [0.1, 0.15) is 11.1 Å². The summed E-state index contributed by atoms with van der Waals surface area (Å²) in [6, 6.07) is 5.76. The maximum absolute atomic E-state index is 5.62. The van der Waals surface area contributed by atoms with E-state index >= 15 is 0 Å². The molecule has 4 nitrogen and oxygen atoms in total. The SMILES string of the molecule is COc1cncc(Cc2ccnc(N)c2)c1. The molecule has 16 heavy (non-hydrogen) atoms. The molecule has 0 atom stereocenters. The topological polar surface area (TPSA) is 61.0 Å². The predicted octanol–water partition coefficient (Wildman–Crippen LogP) is 1.66. The molecule has 0 aromatic carbocycles. The van der Waals surface area contributed by atoms with Gasteiger partial charge in [-0.2, -0.15) is 0 Å². The molecule has 0 aliphatic rings. The summed E-state index contributed by atoms with van der Waals surface area (Å²) in [7, 11) is 1.63. The standard InChI is InChI=1S/C12H13N3O/c1-16-11-5-10(7-14-8-11)4-9-2-3-15-12(13)6-9/h2-3,5-8H,4H2,1H3,(H2,13,15). The van der Waals surface area contributed by atoms with Crippen LogP contribution in [0.5, 0.6) is 5.75 Å². The van der Waals surface area contributed by atoms with Crippen LogP contribution in [0.3, 0.4) is 0 Å². The molecule has 2 aromatic heterocycles. The van der Waals surface area contributed by atoms with Gasteiger partial charge in [-0.15, -0.1) is 0 Å². The molecule has 0 unspecified atom stereocenters. The first-order valence-corrected chi connectivity index (χ1v) is 4.96. The second kappa shape index (κ2) is 4.61. The highest BCUT2D eigenvalue weighted by molar-refractivity contribution is 5.35. The number of anilines is 1. The number of nitrogens with two attached hydrogens (primary N) is 1. The Morgan fingerprint density at radius 2 is 2.12 bits per heavy atom. The van der Waals surface area contributed by atoms with Crippen LogP contribution in [0.2, 0.25) is 0 Å². The maximum atomic E-state index is 5.62. The second-order valence-corrected chi connectivity index (χ2v) is 3.50. The molecule has 0 bridgehead atoms. The van der Waals surface area contributed by atoms with E-state index in [-0.39, 0.29) is 0 Å². The first kappa shape index (κ1) is 10.4. The Labute approximate surface area is 94.1 Å². The van der Waals surface area contributed by atoms with Gasteiger partial charge in [0.1, 0.15) is 11.6 Å². The third-order valence-corrected chi connectivity index (χ3v) is 2.26. The molecule has 82 valence electrons. The summed E-state index contributed by atoms with van der Waals surface area (Å²) in [6.07, 6.45) is 5.98. The van der Waals surface area contributed by atoms with Crippen molar-refractivity contribution in [3.05, 3.63) is 47.9 Å². The molecule has 2 N–H and O–H groups in total. The summed E-state index contributed by atoms with van der Waals surface area (Å²) in [5.41, 5.74) is 7.82. The number of pyridine rings is 2. The zero-order valence-corrected chi connectivity index (χ0v) is 9.05. The zero-order chi connectivity index (χ0) is 11.4. The quantitative estimate of drug-likeness (QED) is 0.845. The van der Waals surface area contributed by atoms with Crippen LogP contribution in [0.15, 0.2) is 36.8 Å². The minimum absolute atomic E-state index is 0.536. The van der Waals surface area contributed by atoms with Crippen molar-refractivity contribution in [1.29, 1.82) is 0 Å². The summed E-state index contributed by atoms with van der Waals surface area (Å²) in [5.74, 6) is 1.30. The number of nitrogen functional groups attached to an aromatic ring is 1. The third kappa shape index (κ3) is 2.48. The summed E-state index contributed by atoms with van der Waals surface area (Å²) in [5, 5.41) is 0. The Morgan fingerprint density at radius 1 is 1.25 bits per heavy atom. The van der Waals surface area contributed by atoms with Crippen molar-refractivity contribution in [2.24, 2.45) is 0 Å². The van der Waals surface area contributed by atoms with Gasteiger partial charge in [0.25, 0.3) is 0 Å². The highest BCUT2D eigenvalue weighted by Gasteiger charge is 1.99. The molecule has 2 heterocycles. The van der Waals surface area contributed by atoms with Gasteiger partial charge in [-0.3, -0.25) is 4.98 Å². The van der Waals surface area contributed by atoms with Crippen molar-refractivity contribution in [3.63, 3.8) is 0 Å². The lowest BCUT2D eigenvalue weighted by Gasteiger charge is -2.04. The molecule has 0 saturated heterocycles. The Bertz CT molecular complexity index is 485. The lowest BCUT2D eigenvalue weighted by molar-refractivity contribution is 0.412. The van der Waals surface area contributed by atoms with Gasteiger partial charge in [0, 0.05) is 12.4 Å². The molecule has 0 aliphatic carbocycles. The third-order valence-electron chi connectivity index (χ3n) is 2.26. The number of rotatable bonds is 3. The molecule has 0 amide bonds. The molecule has 2 aromatic rings. The number of methoxy groups -OCH3 is 1. The average molecular weight is 215 g/mol. The molecule has 4 heteroatoms. The number of hydrogen-bond donors (Lipinski definition) is 1. The number of ether oxygens (including phenoxy) is 1. The first-order valence-electron chi connectivity index (χ1n) is 4.96. The fourth-order valence-corrected chi connectivity index (χ4v) is 1.51. The van der Waals surface area contributed by atoms with Crippen LogP contribution in [0, 0.1) is 0 Å². The Hall–Kier alpha value is -2.10. The highest BCUT2D eigenvalue weighted by atomic mass is 16.5. The number of aromatic nitrogens is 2. The molecule has 0 fully saturated rings. The fraction of sp³-hybridized carbons (Fsp3) is 0.167. The zero-order valence-electron chi connectivity index (χ0n) is 9.05. The molecule has 0 saturated carbocycles. The van der Waals surface area contributed by atoms with Crippen molar-refractivity contribution in [1.82, 2.24) is 9.97 Å². The molecule has 0 aliphatic heterocycles. The predicted molar refractivity (Wildman–Crippen MR) is 62.2 cm³/mol. The van der Waals surface area contributed by atoms with Crippen LogP contribution < -0.4 is 10.5 Å². The van der Waals surface area contributed by atoms with Crippen molar-refractivity contribution in [2.75, 3.05) is 12.8 Å². The summed E-state index contributed by atoms with van der Waals surface area (Å²) in [6.45, 7) is 0. The van der Waals surface area contributed by atoms with Gasteiger partial charge in [-0.1, -0.05) is 0 Å². The van der Waals surface area contributed by atoms with E-state index in [1.54, 1.807) is 19.5 Å². The Morgan fingerprint density at radius 3 is 2.88 bits per heavy atom. The molecule has 2 rings (SSSR count). The van der Waals surface area contributed by atoms with Gasteiger partial charge in [-0.25, -0.2) is 4.98 Å². The number of hydrogen-bond acceptors (Lipinski definition) is 4. The molecule has 0 radical (unpaired) electrons. The monoisotopic (exact) mass is 215 g/mol. The van der Waals surface area contributed by atoms with E-state index in [0.717, 1.165) is 23.3 Å². The largest absolute Gasteiger partial charge is 0.495 e. The van der Waals surface area contributed by atoms with Crippen LogP contribution in [-0.4, -0.2) is 17.1 Å². The van der Waals surface area contributed by atoms with E-state index in [2.05, 4.69) is 9.97 Å². The summed E-state index contributed by atoms with van der Waals surface area (Å²) < 4.78 is 5.12. The van der Waals surface area contributed by atoms with Gasteiger partial charge < -0.3 is 10.5 Å². The van der Waals surface area contributed by atoms with E-state index < -0.39 is 0 Å².